The van der Waals surface area contributed by atoms with Crippen LogP contribution in [0.4, 0.5) is 0 Å². The third-order valence-corrected chi connectivity index (χ3v) is 2.68. The number of hydrogen-bond acceptors (Lipinski definition) is 5. The van der Waals surface area contributed by atoms with Gasteiger partial charge in [0.2, 0.25) is 11.5 Å². The highest BCUT2D eigenvalue weighted by Crippen LogP contribution is 2.24. The van der Waals surface area contributed by atoms with Crippen molar-refractivity contribution >= 4 is 11.9 Å². The first-order valence-corrected chi connectivity index (χ1v) is 5.83. The lowest BCUT2D eigenvalue weighted by Gasteiger charge is -2.25. The lowest BCUT2D eigenvalue weighted by atomic mass is 9.95. The van der Waals surface area contributed by atoms with Crippen molar-refractivity contribution in [1.82, 2.24) is 0 Å². The molecule has 1 heterocycles. The zero-order chi connectivity index (χ0) is 14.5. The Balaban J connectivity index is 0.000000200. The molecule has 0 radical (unpaired) electrons. The first-order chi connectivity index (χ1) is 8.82. The summed E-state index contributed by atoms with van der Waals surface area (Å²) in [5, 5.41) is 34.4. The third-order valence-electron chi connectivity index (χ3n) is 2.68. The SMILES string of the molecule is O=C(O)c1ccc(C(=O)O)o1.OC1(O)CCCCC1. The number of carboxylic acids is 2. The van der Waals surface area contributed by atoms with Crippen LogP contribution in [0, 0.1) is 0 Å². The zero-order valence-electron chi connectivity index (χ0n) is 10.2. The van der Waals surface area contributed by atoms with Gasteiger partial charge in [-0.25, -0.2) is 9.59 Å². The second kappa shape index (κ2) is 6.35. The number of rotatable bonds is 2. The minimum Gasteiger partial charge on any atom is -0.475 e. The first kappa shape index (κ1) is 15.2. The summed E-state index contributed by atoms with van der Waals surface area (Å²) >= 11 is 0. The van der Waals surface area contributed by atoms with Gasteiger partial charge in [0.1, 0.15) is 0 Å². The highest BCUT2D eigenvalue weighted by atomic mass is 16.5. The van der Waals surface area contributed by atoms with Crippen molar-refractivity contribution in [2.45, 2.75) is 37.9 Å². The maximum Gasteiger partial charge on any atom is 0.371 e. The molecule has 7 nitrogen and oxygen atoms in total. The van der Waals surface area contributed by atoms with Crippen LogP contribution >= 0.6 is 0 Å². The number of aromatic carboxylic acids is 2. The van der Waals surface area contributed by atoms with E-state index in [9.17, 15) is 9.59 Å². The molecule has 0 aliphatic heterocycles. The third kappa shape index (κ3) is 5.11. The van der Waals surface area contributed by atoms with E-state index in [0.29, 0.717) is 12.8 Å². The molecule has 106 valence electrons. The van der Waals surface area contributed by atoms with E-state index < -0.39 is 17.7 Å². The van der Waals surface area contributed by atoms with E-state index in [1.807, 2.05) is 0 Å². The Morgan fingerprint density at radius 2 is 1.37 bits per heavy atom. The summed E-state index contributed by atoms with van der Waals surface area (Å²) in [4.78, 5) is 20.3. The largest absolute Gasteiger partial charge is 0.475 e. The average Bonchev–Trinajstić information content (AvgIpc) is 2.78. The quantitative estimate of drug-likeness (QED) is 0.597. The van der Waals surface area contributed by atoms with Crippen molar-refractivity contribution < 1.29 is 34.4 Å². The normalized spacial score (nSPS) is 17.2. The fourth-order valence-electron chi connectivity index (χ4n) is 1.69. The molecule has 0 bridgehead atoms. The molecule has 1 aromatic rings. The Hall–Kier alpha value is -1.86. The van der Waals surface area contributed by atoms with Gasteiger partial charge >= 0.3 is 11.9 Å². The summed E-state index contributed by atoms with van der Waals surface area (Å²) in [6.45, 7) is 0. The van der Waals surface area contributed by atoms with Crippen molar-refractivity contribution in [3.63, 3.8) is 0 Å². The van der Waals surface area contributed by atoms with Crippen LogP contribution in [-0.4, -0.2) is 38.2 Å². The molecule has 0 unspecified atom stereocenters. The van der Waals surface area contributed by atoms with Crippen LogP contribution < -0.4 is 0 Å². The molecule has 1 fully saturated rings. The highest BCUT2D eigenvalue weighted by Gasteiger charge is 2.24. The van der Waals surface area contributed by atoms with Gasteiger partial charge in [-0.05, 0) is 25.0 Å². The molecule has 0 aromatic carbocycles. The molecule has 2 rings (SSSR count). The van der Waals surface area contributed by atoms with Crippen molar-refractivity contribution in [2.75, 3.05) is 0 Å². The van der Waals surface area contributed by atoms with E-state index in [-0.39, 0.29) is 11.5 Å². The summed E-state index contributed by atoms with van der Waals surface area (Å²) in [6, 6.07) is 2.18. The summed E-state index contributed by atoms with van der Waals surface area (Å²) < 4.78 is 4.41. The molecule has 19 heavy (non-hydrogen) atoms. The van der Waals surface area contributed by atoms with Crippen LogP contribution in [0.3, 0.4) is 0 Å². The average molecular weight is 272 g/mol. The smallest absolute Gasteiger partial charge is 0.371 e. The lowest BCUT2D eigenvalue weighted by Crippen LogP contribution is -2.30. The lowest BCUT2D eigenvalue weighted by molar-refractivity contribution is -0.180. The van der Waals surface area contributed by atoms with Gasteiger partial charge in [-0.3, -0.25) is 0 Å². The summed E-state index contributed by atoms with van der Waals surface area (Å²) in [5.41, 5.74) is 0. The molecule has 7 heteroatoms. The van der Waals surface area contributed by atoms with Gasteiger partial charge in [0, 0.05) is 12.8 Å². The Kier molecular flexibility index (Phi) is 5.08. The molecule has 1 saturated carbocycles. The molecule has 1 aliphatic carbocycles. The van der Waals surface area contributed by atoms with E-state index in [4.69, 9.17) is 20.4 Å². The number of carboxylic acid groups (broad SMARTS) is 2. The molecule has 0 amide bonds. The Labute approximate surface area is 109 Å². The number of carbonyl (C=O) groups is 2. The molecular formula is C12H16O7. The number of aliphatic hydroxyl groups is 2. The Morgan fingerprint density at radius 1 is 0.947 bits per heavy atom. The molecule has 1 aliphatic rings. The molecular weight excluding hydrogens is 256 g/mol. The van der Waals surface area contributed by atoms with Gasteiger partial charge in [-0.1, -0.05) is 6.42 Å². The molecule has 1 aromatic heterocycles. The van der Waals surface area contributed by atoms with Gasteiger partial charge in [0.15, 0.2) is 5.79 Å². The minimum absolute atomic E-state index is 0.373. The van der Waals surface area contributed by atoms with Crippen molar-refractivity contribution in [1.29, 1.82) is 0 Å². The predicted octanol–water partition coefficient (Wildman–Crippen LogP) is 1.31. The summed E-state index contributed by atoms with van der Waals surface area (Å²) in [7, 11) is 0. The van der Waals surface area contributed by atoms with Gasteiger partial charge in [0.25, 0.3) is 0 Å². The van der Waals surface area contributed by atoms with Crippen LogP contribution in [0.2, 0.25) is 0 Å². The van der Waals surface area contributed by atoms with Crippen LogP contribution in [-0.2, 0) is 0 Å². The second-order valence-corrected chi connectivity index (χ2v) is 4.32. The highest BCUT2D eigenvalue weighted by molar-refractivity contribution is 5.88. The van der Waals surface area contributed by atoms with Crippen LogP contribution in [0.5, 0.6) is 0 Å². The van der Waals surface area contributed by atoms with Crippen LogP contribution in [0.1, 0.15) is 53.2 Å². The molecule has 4 N–H and O–H groups in total. The zero-order valence-corrected chi connectivity index (χ0v) is 10.2. The van der Waals surface area contributed by atoms with Gasteiger partial charge in [0.05, 0.1) is 0 Å². The standard InChI is InChI=1S/C6H4O5.C6H12O2/c7-5(8)3-1-2-4(11-3)6(9)10;7-6(8)4-2-1-3-5-6/h1-2H,(H,7,8)(H,9,10);7-8H,1-5H2. The molecule has 0 spiro atoms. The van der Waals surface area contributed by atoms with Gasteiger partial charge < -0.3 is 24.8 Å². The minimum atomic E-state index is -1.32. The summed E-state index contributed by atoms with van der Waals surface area (Å²) in [5.74, 6) is -4.63. The van der Waals surface area contributed by atoms with Crippen LogP contribution in [0.15, 0.2) is 16.5 Å². The van der Waals surface area contributed by atoms with E-state index in [1.54, 1.807) is 0 Å². The Morgan fingerprint density at radius 3 is 1.58 bits per heavy atom. The van der Waals surface area contributed by atoms with Crippen LogP contribution in [0.25, 0.3) is 0 Å². The van der Waals surface area contributed by atoms with Gasteiger partial charge in [-0.15, -0.1) is 0 Å². The fourth-order valence-corrected chi connectivity index (χ4v) is 1.69. The Bertz CT molecular complexity index is 410. The molecule has 0 saturated heterocycles. The maximum atomic E-state index is 10.2. The van der Waals surface area contributed by atoms with Crippen molar-refractivity contribution in [2.24, 2.45) is 0 Å². The fraction of sp³-hybridized carbons (Fsp3) is 0.500. The predicted molar refractivity (Wildman–Crippen MR) is 62.9 cm³/mol. The van der Waals surface area contributed by atoms with Crippen molar-refractivity contribution in [3.8, 4) is 0 Å². The second-order valence-electron chi connectivity index (χ2n) is 4.32. The number of furan rings is 1. The van der Waals surface area contributed by atoms with E-state index in [1.165, 1.54) is 0 Å². The van der Waals surface area contributed by atoms with Crippen molar-refractivity contribution in [3.05, 3.63) is 23.7 Å². The summed E-state index contributed by atoms with van der Waals surface area (Å²) in [6.07, 6.45) is 4.21. The monoisotopic (exact) mass is 272 g/mol. The van der Waals surface area contributed by atoms with E-state index in [0.717, 1.165) is 31.4 Å². The maximum absolute atomic E-state index is 10.2. The van der Waals surface area contributed by atoms with E-state index >= 15 is 0 Å². The molecule has 0 atom stereocenters. The van der Waals surface area contributed by atoms with Gasteiger partial charge in [-0.2, -0.15) is 0 Å². The first-order valence-electron chi connectivity index (χ1n) is 5.83. The van der Waals surface area contributed by atoms with E-state index in [2.05, 4.69) is 4.42 Å². The number of hydrogen-bond donors (Lipinski definition) is 4. The topological polar surface area (TPSA) is 128 Å².